The Kier molecular flexibility index (Phi) is 3.33. The van der Waals surface area contributed by atoms with Crippen LogP contribution in [0.3, 0.4) is 0 Å². The second-order valence-electron chi connectivity index (χ2n) is 2.58. The standard InChI is InChI=1S/C9H8F4O/c1-2-5-3-4-6(10)8(7(5)11)14-9(12)13/h3-4,9H,2H2,1H3. The summed E-state index contributed by atoms with van der Waals surface area (Å²) in [6.07, 6.45) is 0.283. The van der Waals surface area contributed by atoms with E-state index in [0.717, 1.165) is 6.07 Å². The predicted octanol–water partition coefficient (Wildman–Crippen LogP) is 3.13. The third kappa shape index (κ3) is 2.16. The average Bonchev–Trinajstić information content (AvgIpc) is 2.12. The highest BCUT2D eigenvalue weighted by atomic mass is 19.3. The summed E-state index contributed by atoms with van der Waals surface area (Å²) in [5.74, 6) is -3.20. The van der Waals surface area contributed by atoms with Crippen LogP contribution in [0.2, 0.25) is 0 Å². The van der Waals surface area contributed by atoms with Crippen LogP contribution in [0.25, 0.3) is 0 Å². The first-order valence-electron chi connectivity index (χ1n) is 3.98. The largest absolute Gasteiger partial charge is 0.429 e. The first-order valence-corrected chi connectivity index (χ1v) is 3.98. The van der Waals surface area contributed by atoms with Crippen LogP contribution in [0.15, 0.2) is 12.1 Å². The molecule has 1 aromatic carbocycles. The van der Waals surface area contributed by atoms with Crippen LogP contribution in [0.4, 0.5) is 17.6 Å². The fourth-order valence-electron chi connectivity index (χ4n) is 1.04. The van der Waals surface area contributed by atoms with Crippen molar-refractivity contribution in [2.24, 2.45) is 0 Å². The number of alkyl halides is 2. The molecule has 0 aliphatic heterocycles. The number of benzene rings is 1. The monoisotopic (exact) mass is 208 g/mol. The Balaban J connectivity index is 3.11. The van der Waals surface area contributed by atoms with Gasteiger partial charge in [0.05, 0.1) is 0 Å². The fraction of sp³-hybridized carbons (Fsp3) is 0.333. The zero-order valence-electron chi connectivity index (χ0n) is 7.36. The molecule has 1 nitrogen and oxygen atoms in total. The zero-order valence-corrected chi connectivity index (χ0v) is 7.36. The summed E-state index contributed by atoms with van der Waals surface area (Å²) in [6, 6.07) is 2.10. The van der Waals surface area contributed by atoms with Gasteiger partial charge < -0.3 is 4.74 Å². The number of ether oxygens (including phenoxy) is 1. The van der Waals surface area contributed by atoms with Gasteiger partial charge in [-0.25, -0.2) is 8.78 Å². The van der Waals surface area contributed by atoms with Crippen molar-refractivity contribution in [2.45, 2.75) is 20.0 Å². The van der Waals surface area contributed by atoms with Gasteiger partial charge in [0.15, 0.2) is 17.4 Å². The van der Waals surface area contributed by atoms with Crippen LogP contribution in [0.1, 0.15) is 12.5 Å². The highest BCUT2D eigenvalue weighted by Gasteiger charge is 2.17. The minimum atomic E-state index is -3.23. The highest BCUT2D eigenvalue weighted by molar-refractivity contribution is 5.32. The van der Waals surface area contributed by atoms with Gasteiger partial charge in [-0.15, -0.1) is 0 Å². The Morgan fingerprint density at radius 2 is 1.93 bits per heavy atom. The van der Waals surface area contributed by atoms with E-state index in [1.165, 1.54) is 6.07 Å². The summed E-state index contributed by atoms with van der Waals surface area (Å²) < 4.78 is 53.3. The number of rotatable bonds is 3. The molecule has 0 amide bonds. The molecule has 14 heavy (non-hydrogen) atoms. The molecule has 1 rings (SSSR count). The van der Waals surface area contributed by atoms with Crippen LogP contribution in [-0.4, -0.2) is 6.61 Å². The molecular weight excluding hydrogens is 200 g/mol. The topological polar surface area (TPSA) is 9.23 Å². The van der Waals surface area contributed by atoms with Crippen molar-refractivity contribution in [1.29, 1.82) is 0 Å². The maximum atomic E-state index is 13.2. The van der Waals surface area contributed by atoms with E-state index in [0.29, 0.717) is 0 Å². The molecule has 0 saturated carbocycles. The lowest BCUT2D eigenvalue weighted by molar-refractivity contribution is -0.0547. The number of hydrogen-bond acceptors (Lipinski definition) is 1. The molecule has 0 aromatic heterocycles. The minimum absolute atomic E-state index is 0.141. The van der Waals surface area contributed by atoms with E-state index in [1.54, 1.807) is 6.92 Å². The Morgan fingerprint density at radius 3 is 2.43 bits per heavy atom. The van der Waals surface area contributed by atoms with E-state index in [2.05, 4.69) is 4.74 Å². The van der Waals surface area contributed by atoms with Crippen molar-refractivity contribution in [3.63, 3.8) is 0 Å². The van der Waals surface area contributed by atoms with E-state index >= 15 is 0 Å². The average molecular weight is 208 g/mol. The van der Waals surface area contributed by atoms with Gasteiger partial charge in [-0.3, -0.25) is 0 Å². The van der Waals surface area contributed by atoms with E-state index in [1.807, 2.05) is 0 Å². The first-order chi connectivity index (χ1) is 6.56. The van der Waals surface area contributed by atoms with Gasteiger partial charge in [-0.05, 0) is 18.1 Å². The normalized spacial score (nSPS) is 10.7. The molecular formula is C9H8F4O. The summed E-state index contributed by atoms with van der Waals surface area (Å²) in [5.41, 5.74) is 0.141. The fourth-order valence-corrected chi connectivity index (χ4v) is 1.04. The third-order valence-corrected chi connectivity index (χ3v) is 1.72. The molecule has 0 N–H and O–H groups in total. The maximum absolute atomic E-state index is 13.2. The number of aryl methyl sites for hydroxylation is 1. The van der Waals surface area contributed by atoms with Gasteiger partial charge in [0.1, 0.15) is 0 Å². The highest BCUT2D eigenvalue weighted by Crippen LogP contribution is 2.26. The van der Waals surface area contributed by atoms with Crippen molar-refractivity contribution in [3.8, 4) is 5.75 Å². The molecule has 0 spiro atoms. The quantitative estimate of drug-likeness (QED) is 0.693. The lowest BCUT2D eigenvalue weighted by Crippen LogP contribution is -2.07. The summed E-state index contributed by atoms with van der Waals surface area (Å²) >= 11 is 0. The molecule has 0 aliphatic rings. The molecule has 0 atom stereocenters. The maximum Gasteiger partial charge on any atom is 0.387 e. The molecule has 5 heteroatoms. The third-order valence-electron chi connectivity index (χ3n) is 1.72. The van der Waals surface area contributed by atoms with Crippen molar-refractivity contribution >= 4 is 0 Å². The Labute approximate surface area is 78.3 Å². The lowest BCUT2D eigenvalue weighted by Gasteiger charge is -2.09. The van der Waals surface area contributed by atoms with Gasteiger partial charge in [0.25, 0.3) is 0 Å². The SMILES string of the molecule is CCc1ccc(F)c(OC(F)F)c1F. The predicted molar refractivity (Wildman–Crippen MR) is 42.4 cm³/mol. The molecule has 0 fully saturated rings. The summed E-state index contributed by atoms with van der Waals surface area (Å²) in [5, 5.41) is 0. The van der Waals surface area contributed by atoms with Crippen LogP contribution >= 0.6 is 0 Å². The number of halogens is 4. The van der Waals surface area contributed by atoms with Gasteiger partial charge >= 0.3 is 6.61 Å². The molecule has 78 valence electrons. The smallest absolute Gasteiger partial charge is 0.387 e. The second-order valence-corrected chi connectivity index (χ2v) is 2.58. The molecule has 0 unspecified atom stereocenters. The van der Waals surface area contributed by atoms with Crippen LogP contribution in [0, 0.1) is 11.6 Å². The van der Waals surface area contributed by atoms with Crippen molar-refractivity contribution in [2.75, 3.05) is 0 Å². The van der Waals surface area contributed by atoms with Gasteiger partial charge in [-0.2, -0.15) is 8.78 Å². The lowest BCUT2D eigenvalue weighted by atomic mass is 10.1. The van der Waals surface area contributed by atoms with Crippen LogP contribution < -0.4 is 4.74 Å². The Hall–Kier alpha value is -1.26. The van der Waals surface area contributed by atoms with E-state index in [-0.39, 0.29) is 12.0 Å². The van der Waals surface area contributed by atoms with E-state index < -0.39 is 24.0 Å². The molecule has 0 aliphatic carbocycles. The second kappa shape index (κ2) is 4.30. The molecule has 0 saturated heterocycles. The first kappa shape index (κ1) is 10.8. The summed E-state index contributed by atoms with van der Waals surface area (Å²) in [7, 11) is 0. The molecule has 1 aromatic rings. The molecule has 0 heterocycles. The Bertz CT molecular complexity index is 325. The van der Waals surface area contributed by atoms with Gasteiger partial charge in [-0.1, -0.05) is 13.0 Å². The number of hydrogen-bond donors (Lipinski definition) is 0. The molecule has 0 bridgehead atoms. The van der Waals surface area contributed by atoms with E-state index in [9.17, 15) is 17.6 Å². The van der Waals surface area contributed by atoms with E-state index in [4.69, 9.17) is 0 Å². The van der Waals surface area contributed by atoms with Crippen LogP contribution in [0.5, 0.6) is 5.75 Å². The molecule has 0 radical (unpaired) electrons. The summed E-state index contributed by atoms with van der Waals surface area (Å²) in [4.78, 5) is 0. The van der Waals surface area contributed by atoms with Crippen LogP contribution in [-0.2, 0) is 6.42 Å². The van der Waals surface area contributed by atoms with Gasteiger partial charge in [0, 0.05) is 0 Å². The summed E-state index contributed by atoms with van der Waals surface area (Å²) in [6.45, 7) is -1.60. The van der Waals surface area contributed by atoms with Crippen molar-refractivity contribution in [3.05, 3.63) is 29.3 Å². The zero-order chi connectivity index (χ0) is 10.7. The van der Waals surface area contributed by atoms with Crippen molar-refractivity contribution in [1.82, 2.24) is 0 Å². The minimum Gasteiger partial charge on any atom is -0.429 e. The van der Waals surface area contributed by atoms with Gasteiger partial charge in [0.2, 0.25) is 0 Å². The van der Waals surface area contributed by atoms with Crippen molar-refractivity contribution < 1.29 is 22.3 Å². The Morgan fingerprint density at radius 1 is 1.29 bits per heavy atom.